The Labute approximate surface area is 121 Å². The van der Waals surface area contributed by atoms with Crippen molar-refractivity contribution in [1.29, 1.82) is 0 Å². The molecule has 5 nitrogen and oxygen atoms in total. The summed E-state index contributed by atoms with van der Waals surface area (Å²) in [6, 6.07) is 8.17. The highest BCUT2D eigenvalue weighted by molar-refractivity contribution is 7.13. The maximum atomic E-state index is 12.1. The average molecular weight is 288 g/mol. The van der Waals surface area contributed by atoms with E-state index in [1.807, 2.05) is 28.5 Å². The van der Waals surface area contributed by atoms with E-state index in [9.17, 15) is 4.79 Å². The molecule has 2 aromatic rings. The minimum atomic E-state index is -0.0659. The van der Waals surface area contributed by atoms with E-state index in [0.29, 0.717) is 18.2 Å². The molecule has 0 saturated carbocycles. The Morgan fingerprint density at radius 2 is 2.35 bits per heavy atom. The van der Waals surface area contributed by atoms with Gasteiger partial charge >= 0.3 is 0 Å². The number of nitrogens with one attached hydrogen (secondary N) is 1. The smallest absolute Gasteiger partial charge is 0.245 e. The van der Waals surface area contributed by atoms with Gasteiger partial charge in [0.05, 0.1) is 6.54 Å². The highest BCUT2D eigenvalue weighted by Gasteiger charge is 2.23. The van der Waals surface area contributed by atoms with E-state index in [1.165, 1.54) is 16.9 Å². The minimum absolute atomic E-state index is 0.0659. The van der Waals surface area contributed by atoms with Gasteiger partial charge in [0.1, 0.15) is 0 Å². The summed E-state index contributed by atoms with van der Waals surface area (Å²) < 4.78 is 0. The predicted molar refractivity (Wildman–Crippen MR) is 81.1 cm³/mol. The molecule has 0 aliphatic carbocycles. The molecule has 0 saturated heterocycles. The molecule has 0 radical (unpaired) electrons. The fourth-order valence-corrected chi connectivity index (χ4v) is 3.03. The largest absolute Gasteiger partial charge is 0.360 e. The molecule has 1 aromatic heterocycles. The van der Waals surface area contributed by atoms with Crippen molar-refractivity contribution in [3.05, 3.63) is 41.4 Å². The second kappa shape index (κ2) is 5.60. The molecule has 1 amide bonds. The molecule has 104 valence electrons. The zero-order chi connectivity index (χ0) is 13.9. The highest BCUT2D eigenvalue weighted by atomic mass is 32.1. The summed E-state index contributed by atoms with van der Waals surface area (Å²) in [7, 11) is 0. The number of carbonyl (C=O) groups excluding carboxylic acids is 1. The van der Waals surface area contributed by atoms with Crippen LogP contribution in [0.1, 0.15) is 5.56 Å². The number of amides is 1. The van der Waals surface area contributed by atoms with Gasteiger partial charge in [0, 0.05) is 29.9 Å². The fraction of sp³-hybridized carbons (Fsp3) is 0.286. The van der Waals surface area contributed by atoms with Crippen molar-refractivity contribution in [2.75, 3.05) is 23.3 Å². The lowest BCUT2D eigenvalue weighted by molar-refractivity contribution is -0.115. The number of hydrogen-bond donors (Lipinski definition) is 2. The van der Waals surface area contributed by atoms with Gasteiger partial charge in [-0.2, -0.15) is 0 Å². The summed E-state index contributed by atoms with van der Waals surface area (Å²) in [5, 5.41) is 5.27. The summed E-state index contributed by atoms with van der Waals surface area (Å²) in [6.07, 6.45) is 2.53. The van der Waals surface area contributed by atoms with Crippen LogP contribution in [0.15, 0.2) is 35.8 Å². The Balaban J connectivity index is 1.72. The molecule has 3 N–H and O–H groups in total. The summed E-state index contributed by atoms with van der Waals surface area (Å²) in [5.74, 6) is -0.0659. The third kappa shape index (κ3) is 2.81. The number of thiazole rings is 1. The van der Waals surface area contributed by atoms with Crippen molar-refractivity contribution < 1.29 is 4.79 Å². The van der Waals surface area contributed by atoms with E-state index in [0.717, 1.165) is 12.1 Å². The van der Waals surface area contributed by atoms with Gasteiger partial charge in [0.15, 0.2) is 5.13 Å². The maximum Gasteiger partial charge on any atom is 0.245 e. The van der Waals surface area contributed by atoms with Crippen LogP contribution in [0.4, 0.5) is 10.8 Å². The lowest BCUT2D eigenvalue weighted by Crippen LogP contribution is -2.46. The first-order chi connectivity index (χ1) is 9.72. The molecule has 2 heterocycles. The van der Waals surface area contributed by atoms with Crippen molar-refractivity contribution in [1.82, 2.24) is 4.98 Å². The Morgan fingerprint density at radius 3 is 3.15 bits per heavy atom. The van der Waals surface area contributed by atoms with Crippen LogP contribution in [0.3, 0.4) is 0 Å². The molecule has 0 spiro atoms. The number of para-hydroxylation sites is 1. The Kier molecular flexibility index (Phi) is 3.66. The summed E-state index contributed by atoms with van der Waals surface area (Å²) in [4.78, 5) is 18.2. The first-order valence-electron chi connectivity index (χ1n) is 6.50. The van der Waals surface area contributed by atoms with Gasteiger partial charge in [-0.25, -0.2) is 4.98 Å². The number of nitrogens with zero attached hydrogens (tertiary/aromatic N) is 2. The molecule has 1 aliphatic heterocycles. The molecule has 1 atom stereocenters. The van der Waals surface area contributed by atoms with Crippen molar-refractivity contribution in [2.45, 2.75) is 12.5 Å². The number of rotatable bonds is 3. The zero-order valence-corrected chi connectivity index (χ0v) is 11.8. The van der Waals surface area contributed by atoms with Crippen LogP contribution in [0.25, 0.3) is 0 Å². The monoisotopic (exact) mass is 288 g/mol. The third-order valence-corrected chi connectivity index (χ3v) is 3.97. The average Bonchev–Trinajstić information content (AvgIpc) is 2.91. The number of carbonyl (C=O) groups is 1. The van der Waals surface area contributed by atoms with Crippen LogP contribution in [0.5, 0.6) is 0 Å². The van der Waals surface area contributed by atoms with Gasteiger partial charge < -0.3 is 16.0 Å². The van der Waals surface area contributed by atoms with Gasteiger partial charge in [-0.15, -0.1) is 11.3 Å². The van der Waals surface area contributed by atoms with E-state index in [1.54, 1.807) is 6.20 Å². The van der Waals surface area contributed by atoms with Crippen molar-refractivity contribution >= 4 is 28.1 Å². The van der Waals surface area contributed by atoms with Gasteiger partial charge in [-0.05, 0) is 18.1 Å². The van der Waals surface area contributed by atoms with Crippen LogP contribution in [0.2, 0.25) is 0 Å². The normalized spacial score (nSPS) is 17.6. The van der Waals surface area contributed by atoms with Crippen molar-refractivity contribution in [3.63, 3.8) is 0 Å². The number of anilines is 2. The number of nitrogens with two attached hydrogens (primary N) is 1. The van der Waals surface area contributed by atoms with Crippen molar-refractivity contribution in [2.24, 2.45) is 5.73 Å². The molecule has 0 bridgehead atoms. The summed E-state index contributed by atoms with van der Waals surface area (Å²) in [6.45, 7) is 0.993. The molecule has 3 rings (SSSR count). The molecule has 1 aromatic carbocycles. The van der Waals surface area contributed by atoms with Crippen molar-refractivity contribution in [3.8, 4) is 0 Å². The summed E-state index contributed by atoms with van der Waals surface area (Å²) >= 11 is 1.41. The standard InChI is InChI=1S/C14H16N4OS/c15-11-7-10-3-1-2-4-12(10)18(8-11)9-13(19)17-14-16-5-6-20-14/h1-6,11H,7-9,15H2,(H,16,17,19). The Bertz CT molecular complexity index is 599. The van der Waals surface area contributed by atoms with E-state index in [-0.39, 0.29) is 11.9 Å². The third-order valence-electron chi connectivity index (χ3n) is 3.28. The van der Waals surface area contributed by atoms with E-state index < -0.39 is 0 Å². The fourth-order valence-electron chi connectivity index (χ4n) is 2.49. The second-order valence-corrected chi connectivity index (χ2v) is 5.75. The van der Waals surface area contributed by atoms with Gasteiger partial charge in [0.2, 0.25) is 5.91 Å². The zero-order valence-electron chi connectivity index (χ0n) is 11.0. The summed E-state index contributed by atoms with van der Waals surface area (Å²) in [5.41, 5.74) is 8.37. The topological polar surface area (TPSA) is 71.2 Å². The molecule has 0 fully saturated rings. The quantitative estimate of drug-likeness (QED) is 0.897. The highest BCUT2D eigenvalue weighted by Crippen LogP contribution is 2.26. The number of aromatic nitrogens is 1. The minimum Gasteiger partial charge on any atom is -0.360 e. The Morgan fingerprint density at radius 1 is 1.50 bits per heavy atom. The van der Waals surface area contributed by atoms with Gasteiger partial charge in [0.25, 0.3) is 0 Å². The molecule has 1 unspecified atom stereocenters. The van der Waals surface area contributed by atoms with E-state index >= 15 is 0 Å². The number of benzene rings is 1. The molecule has 20 heavy (non-hydrogen) atoms. The second-order valence-electron chi connectivity index (χ2n) is 4.86. The lowest BCUT2D eigenvalue weighted by Gasteiger charge is -2.34. The molecular formula is C14H16N4OS. The van der Waals surface area contributed by atoms with Gasteiger partial charge in [-0.3, -0.25) is 4.79 Å². The molecule has 1 aliphatic rings. The first-order valence-corrected chi connectivity index (χ1v) is 7.38. The first kappa shape index (κ1) is 13.1. The van der Waals surface area contributed by atoms with Crippen LogP contribution in [-0.4, -0.2) is 30.0 Å². The van der Waals surface area contributed by atoms with Crippen LogP contribution in [0, 0.1) is 0 Å². The number of fused-ring (bicyclic) bond motifs is 1. The van der Waals surface area contributed by atoms with E-state index in [4.69, 9.17) is 5.73 Å². The predicted octanol–water partition coefficient (Wildman–Crippen LogP) is 1.47. The van der Waals surface area contributed by atoms with Crippen LogP contribution in [-0.2, 0) is 11.2 Å². The van der Waals surface area contributed by atoms with E-state index in [2.05, 4.69) is 16.4 Å². The molecule has 6 heteroatoms. The molecular weight excluding hydrogens is 272 g/mol. The lowest BCUT2D eigenvalue weighted by atomic mass is 9.98. The Hall–Kier alpha value is -1.92. The van der Waals surface area contributed by atoms with Crippen LogP contribution >= 0.6 is 11.3 Å². The van der Waals surface area contributed by atoms with Gasteiger partial charge in [-0.1, -0.05) is 18.2 Å². The van der Waals surface area contributed by atoms with Crippen LogP contribution < -0.4 is 16.0 Å². The maximum absolute atomic E-state index is 12.1. The SMILES string of the molecule is NC1Cc2ccccc2N(CC(=O)Nc2nccs2)C1. The number of hydrogen-bond acceptors (Lipinski definition) is 5.